The molecule has 0 N–H and O–H groups in total. The SMILES string of the molecule is C=CCc1[c]nns1. The van der Waals surface area contributed by atoms with Crippen LogP contribution in [0.4, 0.5) is 0 Å². The molecule has 0 saturated heterocycles. The molecule has 0 unspecified atom stereocenters. The summed E-state index contributed by atoms with van der Waals surface area (Å²) in [6.07, 6.45) is 5.37. The van der Waals surface area contributed by atoms with Crippen molar-refractivity contribution in [1.29, 1.82) is 0 Å². The van der Waals surface area contributed by atoms with E-state index in [0.717, 1.165) is 11.3 Å². The third-order valence-electron chi connectivity index (χ3n) is 0.696. The molecule has 0 fully saturated rings. The van der Waals surface area contributed by atoms with E-state index < -0.39 is 0 Å². The van der Waals surface area contributed by atoms with Crippen molar-refractivity contribution < 1.29 is 0 Å². The molecule has 0 amide bonds. The van der Waals surface area contributed by atoms with Gasteiger partial charge >= 0.3 is 0 Å². The molecule has 1 rings (SSSR count). The van der Waals surface area contributed by atoms with Gasteiger partial charge in [0.25, 0.3) is 0 Å². The van der Waals surface area contributed by atoms with Gasteiger partial charge in [-0.2, -0.15) is 0 Å². The molecule has 0 atom stereocenters. The van der Waals surface area contributed by atoms with Crippen molar-refractivity contribution in [3.63, 3.8) is 0 Å². The van der Waals surface area contributed by atoms with Crippen molar-refractivity contribution in [3.05, 3.63) is 23.7 Å². The summed E-state index contributed by atoms with van der Waals surface area (Å²) in [5, 5.41) is 3.54. The zero-order chi connectivity index (χ0) is 5.82. The van der Waals surface area contributed by atoms with Crippen molar-refractivity contribution in [2.75, 3.05) is 0 Å². The molecule has 8 heavy (non-hydrogen) atoms. The largest absolute Gasteiger partial charge is 0.136 e. The summed E-state index contributed by atoms with van der Waals surface area (Å²) < 4.78 is 3.63. The summed E-state index contributed by atoms with van der Waals surface area (Å²) in [7, 11) is 0. The molecule has 0 saturated carbocycles. The van der Waals surface area contributed by atoms with Crippen LogP contribution in [0.1, 0.15) is 4.88 Å². The number of hydrogen-bond donors (Lipinski definition) is 0. The van der Waals surface area contributed by atoms with Gasteiger partial charge in [-0.1, -0.05) is 10.6 Å². The van der Waals surface area contributed by atoms with Crippen molar-refractivity contribution in [3.8, 4) is 0 Å². The molecule has 3 heteroatoms. The molecule has 0 aromatic carbocycles. The Morgan fingerprint density at radius 3 is 3.25 bits per heavy atom. The summed E-state index contributed by atoms with van der Waals surface area (Å²) in [5.74, 6) is 0. The monoisotopic (exact) mass is 125 g/mol. The van der Waals surface area contributed by atoms with Crippen LogP contribution in [0, 0.1) is 6.20 Å². The summed E-state index contributed by atoms with van der Waals surface area (Å²) in [6.45, 7) is 3.57. The topological polar surface area (TPSA) is 25.8 Å². The van der Waals surface area contributed by atoms with E-state index in [9.17, 15) is 0 Å². The smallest absolute Gasteiger partial charge is 0.130 e. The van der Waals surface area contributed by atoms with Crippen LogP contribution in [-0.4, -0.2) is 9.59 Å². The van der Waals surface area contributed by atoms with Gasteiger partial charge in [0.2, 0.25) is 0 Å². The highest BCUT2D eigenvalue weighted by molar-refractivity contribution is 7.05. The lowest BCUT2D eigenvalue weighted by Crippen LogP contribution is -1.68. The van der Waals surface area contributed by atoms with Gasteiger partial charge in [0.1, 0.15) is 6.20 Å². The van der Waals surface area contributed by atoms with Gasteiger partial charge in [0, 0.05) is 6.42 Å². The van der Waals surface area contributed by atoms with E-state index in [2.05, 4.69) is 22.4 Å². The maximum absolute atomic E-state index is 3.63. The third kappa shape index (κ3) is 1.13. The van der Waals surface area contributed by atoms with Crippen molar-refractivity contribution in [1.82, 2.24) is 9.59 Å². The first-order chi connectivity index (χ1) is 3.93. The van der Waals surface area contributed by atoms with Gasteiger partial charge in [-0.15, -0.1) is 11.7 Å². The van der Waals surface area contributed by atoms with Crippen LogP contribution in [-0.2, 0) is 6.42 Å². The average Bonchev–Trinajstić information content (AvgIpc) is 2.19. The summed E-state index contributed by atoms with van der Waals surface area (Å²) in [5.41, 5.74) is 0. The summed E-state index contributed by atoms with van der Waals surface area (Å²) >= 11 is 1.36. The molecule has 1 aromatic heterocycles. The van der Waals surface area contributed by atoms with Crippen LogP contribution >= 0.6 is 11.5 Å². The Hall–Kier alpha value is -0.700. The van der Waals surface area contributed by atoms with Crippen molar-refractivity contribution in [2.24, 2.45) is 0 Å². The molecule has 1 heterocycles. The Morgan fingerprint density at radius 2 is 2.75 bits per heavy atom. The van der Waals surface area contributed by atoms with Crippen LogP contribution in [0.3, 0.4) is 0 Å². The second-order valence-corrected chi connectivity index (χ2v) is 2.14. The Labute approximate surface area is 52.0 Å². The number of nitrogens with zero attached hydrogens (tertiary/aromatic N) is 2. The van der Waals surface area contributed by atoms with Gasteiger partial charge in [-0.3, -0.25) is 0 Å². The van der Waals surface area contributed by atoms with E-state index in [-0.39, 0.29) is 0 Å². The molecule has 0 bridgehead atoms. The molecule has 41 valence electrons. The van der Waals surface area contributed by atoms with Crippen LogP contribution in [0.5, 0.6) is 0 Å². The first-order valence-corrected chi connectivity index (χ1v) is 3.00. The zero-order valence-electron chi connectivity index (χ0n) is 4.29. The van der Waals surface area contributed by atoms with Gasteiger partial charge in [0.15, 0.2) is 0 Å². The predicted octanol–water partition coefficient (Wildman–Crippen LogP) is 1.07. The molecule has 0 aliphatic rings. The molecule has 1 radical (unpaired) electrons. The lowest BCUT2D eigenvalue weighted by molar-refractivity contribution is 1.13. The van der Waals surface area contributed by atoms with Crippen LogP contribution in [0.2, 0.25) is 0 Å². The minimum Gasteiger partial charge on any atom is -0.136 e. The van der Waals surface area contributed by atoms with Gasteiger partial charge in [-0.05, 0) is 11.5 Å². The van der Waals surface area contributed by atoms with E-state index in [1.807, 2.05) is 6.08 Å². The number of hydrogen-bond acceptors (Lipinski definition) is 3. The second kappa shape index (κ2) is 2.57. The van der Waals surface area contributed by atoms with Crippen LogP contribution in [0.15, 0.2) is 12.7 Å². The molecular weight excluding hydrogens is 120 g/mol. The summed E-state index contributed by atoms with van der Waals surface area (Å²) in [6, 6.07) is 0. The highest BCUT2D eigenvalue weighted by atomic mass is 32.1. The van der Waals surface area contributed by atoms with Crippen molar-refractivity contribution >= 4 is 11.5 Å². The summed E-state index contributed by atoms with van der Waals surface area (Å²) in [4.78, 5) is 1.04. The Balaban J connectivity index is 2.62. The maximum atomic E-state index is 3.63. The fourth-order valence-electron chi connectivity index (χ4n) is 0.380. The second-order valence-electron chi connectivity index (χ2n) is 1.30. The average molecular weight is 125 g/mol. The number of allylic oxidation sites excluding steroid dienone is 1. The molecule has 0 aliphatic carbocycles. The van der Waals surface area contributed by atoms with E-state index >= 15 is 0 Å². The van der Waals surface area contributed by atoms with E-state index in [1.54, 1.807) is 0 Å². The normalized spacial score (nSPS) is 9.00. The minimum absolute atomic E-state index is 0.831. The first-order valence-electron chi connectivity index (χ1n) is 2.23. The standard InChI is InChI=1S/C5H5N2S/c1-2-3-5-4-6-7-8-5/h2H,1,3H2. The fraction of sp³-hybridized carbons (Fsp3) is 0.200. The lowest BCUT2D eigenvalue weighted by atomic mass is 10.4. The third-order valence-corrected chi connectivity index (χ3v) is 1.34. The fourth-order valence-corrected chi connectivity index (χ4v) is 0.835. The highest BCUT2D eigenvalue weighted by Crippen LogP contribution is 2.00. The Bertz CT molecular complexity index is 157. The van der Waals surface area contributed by atoms with Gasteiger partial charge in [-0.25, -0.2) is 0 Å². The quantitative estimate of drug-likeness (QED) is 0.552. The minimum atomic E-state index is 0.831. The molecular formula is C5H5N2S. The van der Waals surface area contributed by atoms with Crippen molar-refractivity contribution in [2.45, 2.75) is 6.42 Å². The Morgan fingerprint density at radius 1 is 1.88 bits per heavy atom. The van der Waals surface area contributed by atoms with Crippen LogP contribution < -0.4 is 0 Å². The maximum Gasteiger partial charge on any atom is 0.130 e. The molecule has 0 spiro atoms. The number of aromatic nitrogens is 2. The van der Waals surface area contributed by atoms with E-state index in [1.165, 1.54) is 11.5 Å². The zero-order valence-corrected chi connectivity index (χ0v) is 5.11. The van der Waals surface area contributed by atoms with Gasteiger partial charge in [0.05, 0.1) is 4.88 Å². The molecule has 0 aliphatic heterocycles. The number of rotatable bonds is 2. The van der Waals surface area contributed by atoms with Crippen LogP contribution in [0.25, 0.3) is 0 Å². The highest BCUT2D eigenvalue weighted by Gasteiger charge is 1.89. The lowest BCUT2D eigenvalue weighted by Gasteiger charge is -1.76. The van der Waals surface area contributed by atoms with E-state index in [4.69, 9.17) is 0 Å². The van der Waals surface area contributed by atoms with E-state index in [0.29, 0.717) is 0 Å². The predicted molar refractivity (Wildman–Crippen MR) is 32.6 cm³/mol. The molecule has 2 nitrogen and oxygen atoms in total. The molecule has 1 aromatic rings. The first kappa shape index (κ1) is 5.44. The Kier molecular flexibility index (Phi) is 1.75. The van der Waals surface area contributed by atoms with Gasteiger partial charge < -0.3 is 0 Å².